The number of hydrogen-bond acceptors (Lipinski definition) is 4. The lowest BCUT2D eigenvalue weighted by atomic mass is 10.1. The molecule has 1 fully saturated rings. The molecule has 1 aromatic heterocycles. The highest BCUT2D eigenvalue weighted by Gasteiger charge is 2.26. The molecule has 3 rings (SSSR count). The van der Waals surface area contributed by atoms with Gasteiger partial charge in [-0.1, -0.05) is 30.3 Å². The first kappa shape index (κ1) is 18.1. The molecule has 0 bridgehead atoms. The number of likely N-dealkylation sites (tertiary alicyclic amines) is 1. The van der Waals surface area contributed by atoms with Crippen LogP contribution in [0.4, 0.5) is 0 Å². The minimum absolute atomic E-state index is 0.129. The fraction of sp³-hybridized carbons (Fsp3) is 0.550. The first-order valence-electron chi connectivity index (χ1n) is 9.26. The van der Waals surface area contributed by atoms with Gasteiger partial charge >= 0.3 is 0 Å². The Morgan fingerprint density at radius 2 is 2.04 bits per heavy atom. The Kier molecular flexibility index (Phi) is 5.89. The maximum atomic E-state index is 9.14. The third-order valence-electron chi connectivity index (χ3n) is 5.46. The fourth-order valence-electron chi connectivity index (χ4n) is 3.80. The molecule has 0 spiro atoms. The van der Waals surface area contributed by atoms with Gasteiger partial charge < -0.3 is 10.4 Å². The molecule has 1 aliphatic rings. The van der Waals surface area contributed by atoms with E-state index in [2.05, 4.69) is 66.4 Å². The molecule has 5 heteroatoms. The van der Waals surface area contributed by atoms with Gasteiger partial charge in [-0.2, -0.15) is 5.10 Å². The molecule has 2 atom stereocenters. The minimum Gasteiger partial charge on any atom is -0.394 e. The van der Waals surface area contributed by atoms with Crippen LogP contribution in [0.1, 0.15) is 41.9 Å². The Bertz CT molecular complexity index is 683. The van der Waals surface area contributed by atoms with Crippen molar-refractivity contribution in [3.05, 3.63) is 52.8 Å². The maximum absolute atomic E-state index is 9.14. The van der Waals surface area contributed by atoms with Crippen molar-refractivity contribution in [2.24, 2.45) is 0 Å². The van der Waals surface area contributed by atoms with Gasteiger partial charge in [0.1, 0.15) is 0 Å². The van der Waals surface area contributed by atoms with Crippen LogP contribution in [0, 0.1) is 13.8 Å². The van der Waals surface area contributed by atoms with Gasteiger partial charge in [0.05, 0.1) is 18.8 Å². The Morgan fingerprint density at radius 3 is 2.76 bits per heavy atom. The summed E-state index contributed by atoms with van der Waals surface area (Å²) < 4.78 is 1.91. The largest absolute Gasteiger partial charge is 0.394 e. The van der Waals surface area contributed by atoms with Crippen molar-refractivity contribution < 1.29 is 5.11 Å². The zero-order valence-corrected chi connectivity index (χ0v) is 15.6. The van der Waals surface area contributed by atoms with E-state index in [1.54, 1.807) is 0 Å². The first-order valence-corrected chi connectivity index (χ1v) is 9.26. The van der Waals surface area contributed by atoms with Crippen molar-refractivity contribution in [2.75, 3.05) is 19.7 Å². The quantitative estimate of drug-likeness (QED) is 0.811. The molecule has 2 aromatic rings. The van der Waals surface area contributed by atoms with Gasteiger partial charge in [0.25, 0.3) is 0 Å². The van der Waals surface area contributed by atoms with Crippen LogP contribution >= 0.6 is 0 Å². The Labute approximate surface area is 150 Å². The fourth-order valence-corrected chi connectivity index (χ4v) is 3.80. The highest BCUT2D eigenvalue weighted by molar-refractivity contribution is 5.24. The Morgan fingerprint density at radius 1 is 1.28 bits per heavy atom. The summed E-state index contributed by atoms with van der Waals surface area (Å²) in [5, 5.41) is 17.4. The topological polar surface area (TPSA) is 53.3 Å². The third kappa shape index (κ3) is 4.11. The van der Waals surface area contributed by atoms with Crippen LogP contribution in [0.25, 0.3) is 0 Å². The number of aromatic nitrogens is 2. The van der Waals surface area contributed by atoms with Gasteiger partial charge in [-0.25, -0.2) is 0 Å². The summed E-state index contributed by atoms with van der Waals surface area (Å²) >= 11 is 0. The number of hydrogen-bond donors (Lipinski definition) is 2. The molecule has 0 saturated carbocycles. The molecular formula is C20H30N4O. The molecule has 0 amide bonds. The first-order chi connectivity index (χ1) is 12.1. The van der Waals surface area contributed by atoms with Gasteiger partial charge in [-0.05, 0) is 32.8 Å². The van der Waals surface area contributed by atoms with Gasteiger partial charge in [0, 0.05) is 43.0 Å². The van der Waals surface area contributed by atoms with Crippen LogP contribution < -0.4 is 5.32 Å². The molecule has 136 valence electrons. The van der Waals surface area contributed by atoms with E-state index in [1.165, 1.54) is 17.5 Å². The van der Waals surface area contributed by atoms with Crippen molar-refractivity contribution in [1.82, 2.24) is 20.0 Å². The van der Waals surface area contributed by atoms with Crippen molar-refractivity contribution in [1.29, 1.82) is 0 Å². The van der Waals surface area contributed by atoms with Crippen LogP contribution in [-0.4, -0.2) is 45.5 Å². The minimum atomic E-state index is 0.129. The van der Waals surface area contributed by atoms with E-state index in [0.717, 1.165) is 31.0 Å². The normalized spacial score (nSPS) is 19.4. The van der Waals surface area contributed by atoms with E-state index in [1.807, 2.05) is 4.68 Å². The summed E-state index contributed by atoms with van der Waals surface area (Å²) in [6, 6.07) is 11.7. The number of rotatable bonds is 7. The number of nitrogens with one attached hydrogen (secondary N) is 1. The second-order valence-electron chi connectivity index (χ2n) is 7.04. The molecule has 0 radical (unpaired) electrons. The third-order valence-corrected chi connectivity index (χ3v) is 5.46. The highest BCUT2D eigenvalue weighted by atomic mass is 16.3. The second-order valence-corrected chi connectivity index (χ2v) is 7.04. The summed E-state index contributed by atoms with van der Waals surface area (Å²) in [5.74, 6) is 0. The van der Waals surface area contributed by atoms with E-state index in [9.17, 15) is 0 Å². The van der Waals surface area contributed by atoms with E-state index in [0.29, 0.717) is 18.6 Å². The molecule has 0 unspecified atom stereocenters. The summed E-state index contributed by atoms with van der Waals surface area (Å²) in [5.41, 5.74) is 4.88. The Hall–Kier alpha value is -1.69. The molecule has 0 aliphatic carbocycles. The van der Waals surface area contributed by atoms with E-state index in [4.69, 9.17) is 5.11 Å². The monoisotopic (exact) mass is 342 g/mol. The van der Waals surface area contributed by atoms with Crippen LogP contribution in [0.2, 0.25) is 0 Å². The van der Waals surface area contributed by atoms with Gasteiger partial charge in [0.2, 0.25) is 0 Å². The van der Waals surface area contributed by atoms with Crippen LogP contribution in [0.5, 0.6) is 0 Å². The van der Waals surface area contributed by atoms with Crippen LogP contribution in [0.15, 0.2) is 30.3 Å². The second kappa shape index (κ2) is 8.13. The predicted octanol–water partition coefficient (Wildman–Crippen LogP) is 2.42. The van der Waals surface area contributed by atoms with Gasteiger partial charge in [0.15, 0.2) is 0 Å². The molecular weight excluding hydrogens is 312 g/mol. The number of aliphatic hydroxyl groups is 1. The molecule has 25 heavy (non-hydrogen) atoms. The average Bonchev–Trinajstić information content (AvgIpc) is 3.19. The summed E-state index contributed by atoms with van der Waals surface area (Å²) in [6.07, 6.45) is 1.18. The van der Waals surface area contributed by atoms with Crippen molar-refractivity contribution >= 4 is 0 Å². The maximum Gasteiger partial charge on any atom is 0.0644 e. The van der Waals surface area contributed by atoms with Crippen LogP contribution in [-0.2, 0) is 13.1 Å². The summed E-state index contributed by atoms with van der Waals surface area (Å²) in [6.45, 7) is 10.2. The molecule has 1 aliphatic heterocycles. The number of aliphatic hydroxyl groups excluding tert-OH is 1. The lowest BCUT2D eigenvalue weighted by molar-refractivity contribution is 0.255. The van der Waals surface area contributed by atoms with E-state index in [-0.39, 0.29) is 6.61 Å². The lowest BCUT2D eigenvalue weighted by Crippen LogP contribution is -2.33. The molecule has 1 saturated heterocycles. The van der Waals surface area contributed by atoms with Crippen LogP contribution in [0.3, 0.4) is 0 Å². The Balaban J connectivity index is 1.56. The lowest BCUT2D eigenvalue weighted by Gasteiger charge is -2.25. The smallest absolute Gasteiger partial charge is 0.0644 e. The van der Waals surface area contributed by atoms with E-state index >= 15 is 0 Å². The zero-order valence-electron chi connectivity index (χ0n) is 15.6. The summed E-state index contributed by atoms with van der Waals surface area (Å²) in [7, 11) is 0. The van der Waals surface area contributed by atoms with Crippen molar-refractivity contribution in [3.63, 3.8) is 0 Å². The molecule has 2 N–H and O–H groups in total. The number of nitrogens with zero attached hydrogens (tertiary/aromatic N) is 3. The SMILES string of the molecule is Cc1nn(CCO)c(C)c1CN[C@H]1CCN([C@H](C)c2ccccc2)C1. The van der Waals surface area contributed by atoms with E-state index < -0.39 is 0 Å². The zero-order chi connectivity index (χ0) is 17.8. The van der Waals surface area contributed by atoms with Gasteiger partial charge in [-0.15, -0.1) is 0 Å². The molecule has 2 heterocycles. The molecule has 1 aromatic carbocycles. The summed E-state index contributed by atoms with van der Waals surface area (Å²) in [4.78, 5) is 2.56. The predicted molar refractivity (Wildman–Crippen MR) is 100 cm³/mol. The van der Waals surface area contributed by atoms with Gasteiger partial charge in [-0.3, -0.25) is 9.58 Å². The van der Waals surface area contributed by atoms with Crippen molar-refractivity contribution in [3.8, 4) is 0 Å². The number of benzene rings is 1. The number of aryl methyl sites for hydroxylation is 1. The average molecular weight is 342 g/mol. The van der Waals surface area contributed by atoms with Crippen molar-refractivity contribution in [2.45, 2.75) is 52.4 Å². The molecule has 5 nitrogen and oxygen atoms in total. The standard InChI is InChI=1S/C20H30N4O/c1-15-20(17(3)24(22-15)11-12-25)13-21-19-9-10-23(14-19)16(2)18-7-5-4-6-8-18/h4-8,16,19,21,25H,9-14H2,1-3H3/t16-,19+/m1/s1. The highest BCUT2D eigenvalue weighted by Crippen LogP contribution is 2.24.